The summed E-state index contributed by atoms with van der Waals surface area (Å²) < 4.78 is 10.1. The summed E-state index contributed by atoms with van der Waals surface area (Å²) in [5, 5.41) is 0. The van der Waals surface area contributed by atoms with Crippen molar-refractivity contribution in [1.82, 2.24) is 0 Å². The molecule has 0 aromatic heterocycles. The van der Waals surface area contributed by atoms with Crippen molar-refractivity contribution in [1.29, 1.82) is 0 Å². The predicted octanol–water partition coefficient (Wildman–Crippen LogP) is 1.88. The fraction of sp³-hybridized carbons (Fsp3) is 0.500. The first-order valence-corrected chi connectivity index (χ1v) is 8.14. The van der Waals surface area contributed by atoms with Crippen LogP contribution in [-0.2, 0) is 14.3 Å². The van der Waals surface area contributed by atoms with Crippen molar-refractivity contribution in [2.24, 2.45) is 0 Å². The zero-order valence-corrected chi connectivity index (χ0v) is 10.1. The number of ether oxygens (including phenoxy) is 2. The molecule has 78 valence electrons. The van der Waals surface area contributed by atoms with Gasteiger partial charge in [0.1, 0.15) is 5.76 Å². The number of esters is 1. The Morgan fingerprint density at radius 1 is 1.50 bits per heavy atom. The monoisotopic (exact) mass is 212 g/mol. The Balaban J connectivity index is 2.86. The van der Waals surface area contributed by atoms with Crippen LogP contribution in [0, 0.1) is 0 Å². The highest BCUT2D eigenvalue weighted by Crippen LogP contribution is 2.22. The quantitative estimate of drug-likeness (QED) is 0.529. The van der Waals surface area contributed by atoms with Gasteiger partial charge >= 0.3 is 5.97 Å². The molecule has 0 spiro atoms. The average Bonchev–Trinajstić information content (AvgIpc) is 2.28. The Morgan fingerprint density at radius 2 is 2.14 bits per heavy atom. The number of carbonyl (C=O) groups is 1. The number of methoxy groups -OCH3 is 1. The topological polar surface area (TPSA) is 35.5 Å². The van der Waals surface area contributed by atoms with Crippen LogP contribution in [0.1, 0.15) is 0 Å². The molecule has 0 unspecified atom stereocenters. The van der Waals surface area contributed by atoms with Crippen LogP contribution in [0.2, 0.25) is 19.6 Å². The van der Waals surface area contributed by atoms with Gasteiger partial charge in [0.25, 0.3) is 0 Å². The fourth-order valence-corrected chi connectivity index (χ4v) is 2.23. The highest BCUT2D eigenvalue weighted by Gasteiger charge is 2.22. The van der Waals surface area contributed by atoms with Crippen molar-refractivity contribution in [3.05, 3.63) is 23.1 Å². The van der Waals surface area contributed by atoms with E-state index in [4.69, 9.17) is 9.47 Å². The standard InChI is InChI=1S/C10H16O3Si/c1-12-6-8-5-10(11)13-9(8)7-14(2,3)4/h5,7H,6H2,1-4H3/b9-7-. The summed E-state index contributed by atoms with van der Waals surface area (Å²) in [4.78, 5) is 11.0. The summed E-state index contributed by atoms with van der Waals surface area (Å²) in [6, 6.07) is 0. The minimum Gasteiger partial charge on any atom is -0.424 e. The lowest BCUT2D eigenvalue weighted by molar-refractivity contribution is -0.132. The van der Waals surface area contributed by atoms with Gasteiger partial charge < -0.3 is 9.47 Å². The third-order valence-electron chi connectivity index (χ3n) is 1.68. The second-order valence-electron chi connectivity index (χ2n) is 4.40. The van der Waals surface area contributed by atoms with E-state index >= 15 is 0 Å². The minimum atomic E-state index is -1.36. The summed E-state index contributed by atoms with van der Waals surface area (Å²) in [5.74, 6) is 0.401. The van der Waals surface area contributed by atoms with Crippen molar-refractivity contribution in [3.8, 4) is 0 Å². The molecule has 0 bridgehead atoms. The second kappa shape index (κ2) is 4.10. The van der Waals surface area contributed by atoms with Gasteiger partial charge in [-0.05, 0) is 0 Å². The molecule has 14 heavy (non-hydrogen) atoms. The van der Waals surface area contributed by atoms with E-state index in [-0.39, 0.29) is 5.97 Å². The zero-order chi connectivity index (χ0) is 10.8. The molecule has 1 heterocycles. The Kier molecular flexibility index (Phi) is 3.28. The molecule has 0 saturated carbocycles. The first-order chi connectivity index (χ1) is 6.42. The van der Waals surface area contributed by atoms with Crippen molar-refractivity contribution < 1.29 is 14.3 Å². The van der Waals surface area contributed by atoms with E-state index in [1.807, 2.05) is 0 Å². The van der Waals surface area contributed by atoms with E-state index in [1.54, 1.807) is 7.11 Å². The van der Waals surface area contributed by atoms with Crippen molar-refractivity contribution >= 4 is 14.0 Å². The van der Waals surface area contributed by atoms with Gasteiger partial charge in [0.2, 0.25) is 0 Å². The molecule has 0 atom stereocenters. The fourth-order valence-electron chi connectivity index (χ4n) is 1.20. The molecular formula is C10H16O3Si. The van der Waals surface area contributed by atoms with E-state index in [0.29, 0.717) is 12.4 Å². The average molecular weight is 212 g/mol. The lowest BCUT2D eigenvalue weighted by atomic mass is 10.2. The highest BCUT2D eigenvalue weighted by atomic mass is 28.3. The number of carbonyl (C=O) groups excluding carboxylic acids is 1. The summed E-state index contributed by atoms with van der Waals surface area (Å²) in [6.07, 6.45) is 1.50. The highest BCUT2D eigenvalue weighted by molar-refractivity contribution is 6.81. The van der Waals surface area contributed by atoms with Crippen LogP contribution in [0.5, 0.6) is 0 Å². The number of hydrogen-bond acceptors (Lipinski definition) is 3. The summed E-state index contributed by atoms with van der Waals surface area (Å²) >= 11 is 0. The molecule has 0 amide bonds. The molecule has 4 heteroatoms. The van der Waals surface area contributed by atoms with Crippen LogP contribution in [0.25, 0.3) is 0 Å². The maximum atomic E-state index is 11.0. The molecule has 0 N–H and O–H groups in total. The number of hydrogen-bond donors (Lipinski definition) is 0. The molecule has 0 saturated heterocycles. The van der Waals surface area contributed by atoms with Crippen LogP contribution < -0.4 is 0 Å². The second-order valence-corrected chi connectivity index (χ2v) is 9.42. The smallest absolute Gasteiger partial charge is 0.336 e. The molecule has 1 rings (SSSR count). The lowest BCUT2D eigenvalue weighted by Gasteiger charge is -2.12. The maximum Gasteiger partial charge on any atom is 0.336 e. The Labute approximate surface area is 85.4 Å². The van der Waals surface area contributed by atoms with Crippen LogP contribution in [0.15, 0.2) is 23.1 Å². The Hall–Kier alpha value is -0.873. The molecule has 1 aliphatic heterocycles. The minimum absolute atomic E-state index is 0.290. The predicted molar refractivity (Wildman–Crippen MR) is 57.5 cm³/mol. The molecule has 0 aliphatic carbocycles. The third-order valence-corrected chi connectivity index (χ3v) is 2.81. The van der Waals surface area contributed by atoms with E-state index in [0.717, 1.165) is 5.57 Å². The first-order valence-electron chi connectivity index (χ1n) is 4.57. The van der Waals surface area contributed by atoms with E-state index < -0.39 is 8.07 Å². The third kappa shape index (κ3) is 3.12. The molecule has 0 aromatic carbocycles. The van der Waals surface area contributed by atoms with Crippen LogP contribution >= 0.6 is 0 Å². The summed E-state index contributed by atoms with van der Waals surface area (Å²) in [5.41, 5.74) is 2.92. The number of rotatable bonds is 3. The van der Waals surface area contributed by atoms with Gasteiger partial charge in [-0.2, -0.15) is 0 Å². The van der Waals surface area contributed by atoms with Crippen LogP contribution in [0.3, 0.4) is 0 Å². The van der Waals surface area contributed by atoms with Gasteiger partial charge in [-0.15, -0.1) is 0 Å². The van der Waals surface area contributed by atoms with Gasteiger partial charge in [0.15, 0.2) is 0 Å². The molecule has 1 aliphatic rings. The largest absolute Gasteiger partial charge is 0.424 e. The van der Waals surface area contributed by atoms with Crippen molar-refractivity contribution in [2.45, 2.75) is 19.6 Å². The first kappa shape index (κ1) is 11.2. The van der Waals surface area contributed by atoms with Crippen molar-refractivity contribution in [2.75, 3.05) is 13.7 Å². The van der Waals surface area contributed by atoms with E-state index in [9.17, 15) is 4.79 Å². The zero-order valence-electron chi connectivity index (χ0n) is 9.09. The Morgan fingerprint density at radius 3 is 2.64 bits per heavy atom. The lowest BCUT2D eigenvalue weighted by Crippen LogP contribution is -2.18. The van der Waals surface area contributed by atoms with Gasteiger partial charge in [0.05, 0.1) is 14.7 Å². The molecule has 0 radical (unpaired) electrons. The number of cyclic esters (lactones) is 1. The van der Waals surface area contributed by atoms with Crippen LogP contribution in [0.4, 0.5) is 0 Å². The van der Waals surface area contributed by atoms with E-state index in [1.165, 1.54) is 6.08 Å². The summed E-state index contributed by atoms with van der Waals surface area (Å²) in [7, 11) is 0.249. The molecule has 0 fully saturated rings. The molecule has 0 aromatic rings. The summed E-state index contributed by atoms with van der Waals surface area (Å²) in [6.45, 7) is 7.01. The SMILES string of the molecule is COCC1=CC(=O)O/C1=C\[Si](C)(C)C. The van der Waals surface area contributed by atoms with Gasteiger partial charge in [0, 0.05) is 18.8 Å². The van der Waals surface area contributed by atoms with Crippen molar-refractivity contribution in [3.63, 3.8) is 0 Å². The van der Waals surface area contributed by atoms with Crippen LogP contribution in [-0.4, -0.2) is 27.8 Å². The normalized spacial score (nSPS) is 19.9. The van der Waals surface area contributed by atoms with Gasteiger partial charge in [-0.3, -0.25) is 0 Å². The molecule has 3 nitrogen and oxygen atoms in total. The van der Waals surface area contributed by atoms with E-state index in [2.05, 4.69) is 25.3 Å². The van der Waals surface area contributed by atoms with Gasteiger partial charge in [-0.25, -0.2) is 4.79 Å². The Bertz CT molecular complexity index is 297. The maximum absolute atomic E-state index is 11.0. The molecular weight excluding hydrogens is 196 g/mol. The van der Waals surface area contributed by atoms with Gasteiger partial charge in [-0.1, -0.05) is 25.3 Å².